The lowest BCUT2D eigenvalue weighted by Crippen LogP contribution is -2.64. The lowest BCUT2D eigenvalue weighted by atomic mass is 9.43. The van der Waals surface area contributed by atoms with Crippen LogP contribution < -0.4 is 0 Å². The van der Waals surface area contributed by atoms with Crippen LogP contribution in [0.15, 0.2) is 0 Å². The molecule has 4 aliphatic carbocycles. The van der Waals surface area contributed by atoms with Crippen LogP contribution in [0.1, 0.15) is 92.4 Å². The van der Waals surface area contributed by atoms with E-state index in [4.69, 9.17) is 33.2 Å². The van der Waals surface area contributed by atoms with Crippen LogP contribution in [0.25, 0.3) is 0 Å². The number of hydrogen-bond donors (Lipinski definition) is 12. The monoisotopic (exact) mass is 920 g/mol. The molecule has 0 bridgehead atoms. The number of fused-ring (bicyclic) bond motifs is 7. The van der Waals surface area contributed by atoms with Crippen LogP contribution in [-0.2, 0) is 33.2 Å². The maximum absolute atomic E-state index is 12.1. The van der Waals surface area contributed by atoms with Crippen LogP contribution in [-0.4, -0.2) is 197 Å². The van der Waals surface area contributed by atoms with E-state index in [9.17, 15) is 61.3 Å². The van der Waals surface area contributed by atoms with Crippen molar-refractivity contribution >= 4 is 0 Å². The SMILES string of the molecule is C[C@H](CC[C@@]1(O)O[C@H]2C[C@H]3[C@@H]4C[C@H](O)[C@H]5C[C@@H](O[C@@H]6O[C@H](CO)[C@@H](O)[C@H](O)[C@H]6O[C@@H]6O[C@@H](C)[C@H](O)[C@@H](O)[C@H]6O)CC[C@]5(C)[C@H]4CC[C@]3(C)[C@H]2[C@@H]1C)CO[C@@H]1O[C@H](CO)[C@@H](O)[C@H](O)[C@H]1O. The quantitative estimate of drug-likeness (QED) is 0.0964. The van der Waals surface area contributed by atoms with E-state index in [2.05, 4.69) is 20.8 Å². The zero-order valence-corrected chi connectivity index (χ0v) is 37.6. The summed E-state index contributed by atoms with van der Waals surface area (Å²) in [6, 6.07) is 0. The van der Waals surface area contributed by atoms with Gasteiger partial charge in [0, 0.05) is 12.3 Å². The molecule has 370 valence electrons. The third-order valence-electron chi connectivity index (χ3n) is 18.0. The van der Waals surface area contributed by atoms with E-state index in [1.807, 2.05) is 6.92 Å². The van der Waals surface area contributed by atoms with Crippen molar-refractivity contribution in [1.82, 2.24) is 0 Å². The maximum atomic E-state index is 12.1. The Balaban J connectivity index is 0.884. The Labute approximate surface area is 374 Å². The molecule has 19 nitrogen and oxygen atoms in total. The first kappa shape index (κ1) is 49.7. The molecule has 0 spiro atoms. The summed E-state index contributed by atoms with van der Waals surface area (Å²) >= 11 is 0. The first-order valence-corrected chi connectivity index (χ1v) is 23.8. The molecule has 0 amide bonds. The molecule has 12 N–H and O–H groups in total. The van der Waals surface area contributed by atoms with Gasteiger partial charge in [-0.2, -0.15) is 0 Å². The van der Waals surface area contributed by atoms with Crippen molar-refractivity contribution in [3.63, 3.8) is 0 Å². The summed E-state index contributed by atoms with van der Waals surface area (Å²) in [7, 11) is 0. The summed E-state index contributed by atoms with van der Waals surface area (Å²) in [6.45, 7) is 9.17. The second-order valence-corrected chi connectivity index (χ2v) is 21.6. The number of aliphatic hydroxyl groups excluding tert-OH is 11. The van der Waals surface area contributed by atoms with Gasteiger partial charge in [0.05, 0.1) is 44.2 Å². The highest BCUT2D eigenvalue weighted by molar-refractivity contribution is 5.16. The maximum Gasteiger partial charge on any atom is 0.187 e. The Hall–Kier alpha value is -0.760. The summed E-state index contributed by atoms with van der Waals surface area (Å²) in [5.74, 6) is -0.692. The number of rotatable bonds is 12. The third kappa shape index (κ3) is 8.55. The number of aliphatic hydroxyl groups is 12. The Bertz CT molecular complexity index is 1580. The fraction of sp³-hybridized carbons (Fsp3) is 1.00. The van der Waals surface area contributed by atoms with Gasteiger partial charge in [-0.05, 0) is 105 Å². The second kappa shape index (κ2) is 18.9. The highest BCUT2D eigenvalue weighted by Crippen LogP contribution is 2.71. The molecular formula is C45H76O19. The van der Waals surface area contributed by atoms with E-state index in [-0.39, 0.29) is 59.0 Å². The van der Waals surface area contributed by atoms with Gasteiger partial charge in [-0.25, -0.2) is 0 Å². The highest BCUT2D eigenvalue weighted by Gasteiger charge is 2.69. The highest BCUT2D eigenvalue weighted by atomic mass is 16.8. The molecular weight excluding hydrogens is 844 g/mol. The first-order chi connectivity index (χ1) is 30.2. The van der Waals surface area contributed by atoms with Crippen molar-refractivity contribution in [3.8, 4) is 0 Å². The van der Waals surface area contributed by atoms with Gasteiger partial charge in [0.2, 0.25) is 0 Å². The van der Waals surface area contributed by atoms with Gasteiger partial charge in [0.25, 0.3) is 0 Å². The van der Waals surface area contributed by atoms with Gasteiger partial charge >= 0.3 is 0 Å². The van der Waals surface area contributed by atoms with Crippen LogP contribution >= 0.6 is 0 Å². The molecule has 8 aliphatic rings. The Kier molecular flexibility index (Phi) is 14.6. The summed E-state index contributed by atoms with van der Waals surface area (Å²) in [5, 5.41) is 127. The van der Waals surface area contributed by atoms with E-state index < -0.39 is 123 Å². The van der Waals surface area contributed by atoms with Crippen molar-refractivity contribution in [1.29, 1.82) is 0 Å². The first-order valence-electron chi connectivity index (χ1n) is 23.8. The van der Waals surface area contributed by atoms with Crippen molar-refractivity contribution in [3.05, 3.63) is 0 Å². The van der Waals surface area contributed by atoms with Crippen LogP contribution in [0.4, 0.5) is 0 Å². The molecule has 0 aromatic heterocycles. The standard InChI is InChI=1S/C45H76O19/c1-18(17-58-40-37(55)35(53)32(50)28(15-46)61-40)6-11-45(57)19(2)30-27(64-45)14-24-22-13-26(48)25-12-21(7-9-43(25,4)23(22)8-10-44(24,30)5)60-42-39(36(54)33(51)29(16-47)62-42)63-41-38(56)34(52)31(49)20(3)59-41/h18-42,46-57H,6-17H2,1-5H3/t18-,19+,20+,21+,22-,23+,24+,25-,26+,27+,28-,29-,30+,31+,32-,33-,34-,35+,36+,37-,38-,39-,40-,41+,42-,43-,44+,45-/m1/s1. The van der Waals surface area contributed by atoms with Crippen molar-refractivity contribution in [2.24, 2.45) is 52.3 Å². The molecule has 0 unspecified atom stereocenters. The minimum Gasteiger partial charge on any atom is -0.394 e. The summed E-state index contributed by atoms with van der Waals surface area (Å²) in [6.07, 6.45) is -16.0. The van der Waals surface area contributed by atoms with Gasteiger partial charge in [-0.3, -0.25) is 0 Å². The second-order valence-electron chi connectivity index (χ2n) is 21.6. The zero-order chi connectivity index (χ0) is 46.4. The van der Waals surface area contributed by atoms with Gasteiger partial charge in [-0.1, -0.05) is 27.7 Å². The number of ether oxygens (including phenoxy) is 7. The van der Waals surface area contributed by atoms with Gasteiger partial charge in [0.15, 0.2) is 24.7 Å². The summed E-state index contributed by atoms with van der Waals surface area (Å²) < 4.78 is 42.0. The Morgan fingerprint density at radius 3 is 1.95 bits per heavy atom. The molecule has 0 aromatic carbocycles. The molecule has 64 heavy (non-hydrogen) atoms. The molecule has 4 aliphatic heterocycles. The summed E-state index contributed by atoms with van der Waals surface area (Å²) in [4.78, 5) is 0. The molecule has 0 aromatic rings. The predicted molar refractivity (Wildman–Crippen MR) is 219 cm³/mol. The van der Waals surface area contributed by atoms with Crippen molar-refractivity contribution < 1.29 is 94.4 Å². The average molecular weight is 921 g/mol. The van der Waals surface area contributed by atoms with Crippen LogP contribution in [0.3, 0.4) is 0 Å². The van der Waals surface area contributed by atoms with Crippen LogP contribution in [0.2, 0.25) is 0 Å². The topological polar surface area (TPSA) is 307 Å². The van der Waals surface area contributed by atoms with Gasteiger partial charge in [-0.15, -0.1) is 0 Å². The molecule has 4 saturated heterocycles. The van der Waals surface area contributed by atoms with Crippen molar-refractivity contribution in [2.75, 3.05) is 19.8 Å². The fourth-order valence-electron chi connectivity index (χ4n) is 14.1. The van der Waals surface area contributed by atoms with E-state index in [0.717, 1.165) is 25.7 Å². The molecule has 8 fully saturated rings. The average Bonchev–Trinajstić information content (AvgIpc) is 3.70. The van der Waals surface area contributed by atoms with Gasteiger partial charge < -0.3 is 94.4 Å². The fourth-order valence-corrected chi connectivity index (χ4v) is 14.1. The van der Waals surface area contributed by atoms with Crippen LogP contribution in [0, 0.1) is 52.3 Å². The minimum atomic E-state index is -1.68. The largest absolute Gasteiger partial charge is 0.394 e. The molecule has 4 saturated carbocycles. The molecule has 8 rings (SSSR count). The Morgan fingerprint density at radius 2 is 1.27 bits per heavy atom. The molecule has 4 heterocycles. The number of hydrogen-bond acceptors (Lipinski definition) is 19. The Morgan fingerprint density at radius 1 is 0.641 bits per heavy atom. The zero-order valence-electron chi connectivity index (χ0n) is 37.6. The smallest absolute Gasteiger partial charge is 0.187 e. The molecule has 19 heteroatoms. The normalized spacial score (nSPS) is 56.8. The van der Waals surface area contributed by atoms with Gasteiger partial charge in [0.1, 0.15) is 67.1 Å². The lowest BCUT2D eigenvalue weighted by molar-refractivity contribution is -0.371. The lowest BCUT2D eigenvalue weighted by Gasteiger charge is -2.62. The minimum absolute atomic E-state index is 0.0776. The third-order valence-corrected chi connectivity index (χ3v) is 18.0. The predicted octanol–water partition coefficient (Wildman–Crippen LogP) is -1.78. The molecule has 28 atom stereocenters. The van der Waals surface area contributed by atoms with E-state index >= 15 is 0 Å². The van der Waals surface area contributed by atoms with E-state index in [1.165, 1.54) is 6.92 Å². The molecule has 0 radical (unpaired) electrons. The van der Waals surface area contributed by atoms with Crippen LogP contribution in [0.5, 0.6) is 0 Å². The van der Waals surface area contributed by atoms with E-state index in [1.54, 1.807) is 0 Å². The van der Waals surface area contributed by atoms with Crippen molar-refractivity contribution in [2.45, 2.75) is 209 Å². The summed E-state index contributed by atoms with van der Waals surface area (Å²) in [5.41, 5.74) is -0.317. The van der Waals surface area contributed by atoms with E-state index in [0.29, 0.717) is 38.0 Å².